The predicted molar refractivity (Wildman–Crippen MR) is 294 cm³/mol. The molecule has 0 saturated carbocycles. The van der Waals surface area contributed by atoms with Gasteiger partial charge >= 0.3 is 0 Å². The van der Waals surface area contributed by atoms with Crippen molar-refractivity contribution in [1.82, 2.24) is 0 Å². The van der Waals surface area contributed by atoms with Gasteiger partial charge in [0.25, 0.3) is 0 Å². The normalized spacial score (nSPS) is 11.9. The molecule has 10 aromatic rings. The van der Waals surface area contributed by atoms with Gasteiger partial charge in [-0.2, -0.15) is 0 Å². The molecule has 2 nitrogen and oxygen atoms in total. The number of hydrogen-bond donors (Lipinski definition) is 0. The van der Waals surface area contributed by atoms with Crippen LogP contribution >= 0.6 is 0 Å². The molecule has 68 heavy (non-hydrogen) atoms. The zero-order valence-corrected chi connectivity index (χ0v) is 40.0. The molecule has 0 aliphatic carbocycles. The maximum absolute atomic E-state index is 2.38. The first-order chi connectivity index (χ1) is 33.0. The van der Waals surface area contributed by atoms with Gasteiger partial charge in [0, 0.05) is 33.5 Å². The summed E-state index contributed by atoms with van der Waals surface area (Å²) in [5.41, 5.74) is 16.7. The first kappa shape index (κ1) is 43.9. The minimum atomic E-state index is 0.0849. The van der Waals surface area contributed by atoms with Gasteiger partial charge in [-0.25, -0.2) is 0 Å². The molecule has 0 atom stereocenters. The number of hydrogen-bond acceptors (Lipinski definition) is 2. The van der Waals surface area contributed by atoms with Crippen LogP contribution in [0, 0.1) is 0 Å². The van der Waals surface area contributed by atoms with Crippen molar-refractivity contribution in [3.8, 4) is 22.3 Å². The van der Waals surface area contributed by atoms with Crippen molar-refractivity contribution in [2.75, 3.05) is 9.80 Å². The summed E-state index contributed by atoms with van der Waals surface area (Å²) in [5, 5.41) is 4.90. The van der Waals surface area contributed by atoms with Gasteiger partial charge in [-0.3, -0.25) is 0 Å². The van der Waals surface area contributed by atoms with E-state index in [0.29, 0.717) is 0 Å². The highest BCUT2D eigenvalue weighted by Gasteiger charge is 2.20. The standard InChI is InChI=1S/C66H58N2/c1-65(2,3)55-35-43-59(44-36-55)67(63-19-11-15-53-13-7-9-17-61(53)63)57-39-31-51(32-40-57)49-27-23-47(24-28-49)21-22-48-25-29-50(30-26-48)52-33-41-58(42-34-52)68(60-45-37-56(38-46-60)66(4,5)6)64-20-12-16-54-14-8-10-18-62(54)64/h7-46H,1-6H3. The van der Waals surface area contributed by atoms with Gasteiger partial charge in [-0.1, -0.05) is 224 Å². The molecule has 0 aromatic heterocycles. The quantitative estimate of drug-likeness (QED) is 0.126. The number of fused-ring (bicyclic) bond motifs is 2. The van der Waals surface area contributed by atoms with Gasteiger partial charge in [0.2, 0.25) is 0 Å². The van der Waals surface area contributed by atoms with Crippen LogP contribution < -0.4 is 9.80 Å². The van der Waals surface area contributed by atoms with Crippen molar-refractivity contribution in [3.05, 3.63) is 253 Å². The summed E-state index contributed by atoms with van der Waals surface area (Å²) in [6.45, 7) is 13.6. The topological polar surface area (TPSA) is 6.48 Å². The second kappa shape index (κ2) is 18.4. The Bertz CT molecular complexity index is 3110. The van der Waals surface area contributed by atoms with E-state index in [-0.39, 0.29) is 10.8 Å². The van der Waals surface area contributed by atoms with E-state index >= 15 is 0 Å². The molecule has 2 heteroatoms. The van der Waals surface area contributed by atoms with Crippen LogP contribution in [0.4, 0.5) is 34.1 Å². The fraction of sp³-hybridized carbons (Fsp3) is 0.121. The third-order valence-electron chi connectivity index (χ3n) is 13.2. The van der Waals surface area contributed by atoms with Crippen LogP contribution in [0.5, 0.6) is 0 Å². The molecule has 0 spiro atoms. The van der Waals surface area contributed by atoms with Crippen molar-refractivity contribution in [2.24, 2.45) is 0 Å². The molecule has 0 unspecified atom stereocenters. The number of anilines is 6. The molecule has 0 bridgehead atoms. The van der Waals surface area contributed by atoms with Gasteiger partial charge in [-0.15, -0.1) is 0 Å². The van der Waals surface area contributed by atoms with Crippen molar-refractivity contribution in [2.45, 2.75) is 52.4 Å². The lowest BCUT2D eigenvalue weighted by molar-refractivity contribution is 0.590. The van der Waals surface area contributed by atoms with Crippen LogP contribution in [0.3, 0.4) is 0 Å². The fourth-order valence-electron chi connectivity index (χ4n) is 9.25. The third kappa shape index (κ3) is 9.24. The second-order valence-electron chi connectivity index (χ2n) is 19.9. The lowest BCUT2D eigenvalue weighted by Crippen LogP contribution is -2.13. The lowest BCUT2D eigenvalue weighted by Gasteiger charge is -2.28. The Morgan fingerprint density at radius 3 is 0.882 bits per heavy atom. The van der Waals surface area contributed by atoms with E-state index in [1.807, 2.05) is 0 Å². The molecular formula is C66H58N2. The molecule has 10 rings (SSSR count). The van der Waals surface area contributed by atoms with Crippen LogP contribution in [-0.2, 0) is 10.8 Å². The molecule has 0 aliphatic rings. The van der Waals surface area contributed by atoms with E-state index < -0.39 is 0 Å². The highest BCUT2D eigenvalue weighted by molar-refractivity contribution is 6.00. The van der Waals surface area contributed by atoms with E-state index in [4.69, 9.17) is 0 Å². The third-order valence-corrected chi connectivity index (χ3v) is 13.2. The van der Waals surface area contributed by atoms with Gasteiger partial charge in [0.15, 0.2) is 0 Å². The minimum Gasteiger partial charge on any atom is -0.310 e. The molecule has 0 fully saturated rings. The van der Waals surface area contributed by atoms with Gasteiger partial charge in [0.05, 0.1) is 11.4 Å². The first-order valence-electron chi connectivity index (χ1n) is 23.8. The van der Waals surface area contributed by atoms with E-state index in [1.54, 1.807) is 0 Å². The summed E-state index contributed by atoms with van der Waals surface area (Å²) >= 11 is 0. The van der Waals surface area contributed by atoms with Crippen LogP contribution in [0.25, 0.3) is 56.0 Å². The molecule has 0 heterocycles. The van der Waals surface area contributed by atoms with Crippen LogP contribution in [0.2, 0.25) is 0 Å². The van der Waals surface area contributed by atoms with Crippen LogP contribution in [0.15, 0.2) is 231 Å². The summed E-state index contributed by atoms with van der Waals surface area (Å²) in [6.07, 6.45) is 4.39. The van der Waals surface area contributed by atoms with Crippen molar-refractivity contribution < 1.29 is 0 Å². The molecular weight excluding hydrogens is 821 g/mol. The maximum atomic E-state index is 2.38. The highest BCUT2D eigenvalue weighted by atomic mass is 15.1. The van der Waals surface area contributed by atoms with Crippen LogP contribution in [-0.4, -0.2) is 0 Å². The molecule has 0 N–H and O–H groups in total. The Balaban J connectivity index is 0.848. The fourth-order valence-corrected chi connectivity index (χ4v) is 9.25. The molecule has 0 saturated heterocycles. The molecule has 10 aromatic carbocycles. The number of rotatable bonds is 10. The maximum Gasteiger partial charge on any atom is 0.0540 e. The van der Waals surface area contributed by atoms with Crippen molar-refractivity contribution in [1.29, 1.82) is 0 Å². The Morgan fingerprint density at radius 2 is 0.559 bits per heavy atom. The van der Waals surface area contributed by atoms with Crippen molar-refractivity contribution in [3.63, 3.8) is 0 Å². The molecule has 332 valence electrons. The summed E-state index contributed by atoms with van der Waals surface area (Å²) in [4.78, 5) is 4.76. The van der Waals surface area contributed by atoms with Gasteiger partial charge in [0.1, 0.15) is 0 Å². The molecule has 0 amide bonds. The predicted octanol–water partition coefficient (Wildman–Crippen LogP) is 19.0. The van der Waals surface area contributed by atoms with E-state index in [9.17, 15) is 0 Å². The molecule has 0 radical (unpaired) electrons. The minimum absolute atomic E-state index is 0.0849. The second-order valence-corrected chi connectivity index (χ2v) is 19.9. The summed E-state index contributed by atoms with van der Waals surface area (Å²) in [6, 6.07) is 84.1. The zero-order chi connectivity index (χ0) is 46.8. The van der Waals surface area contributed by atoms with E-state index in [0.717, 1.165) is 45.3 Å². The Hall–Kier alpha value is -7.94. The van der Waals surface area contributed by atoms with Crippen molar-refractivity contribution >= 4 is 67.8 Å². The number of benzene rings is 10. The summed E-state index contributed by atoms with van der Waals surface area (Å²) in [7, 11) is 0. The summed E-state index contributed by atoms with van der Waals surface area (Å²) < 4.78 is 0. The SMILES string of the molecule is CC(C)(C)c1ccc(N(c2ccc(-c3ccc(C=Cc4ccc(-c5ccc(N(c6ccc(C(C)(C)C)cc6)c6cccc7ccccc67)cc5)cc4)cc3)cc2)c2cccc3ccccc23)cc1. The summed E-state index contributed by atoms with van der Waals surface area (Å²) in [5.74, 6) is 0. The Kier molecular flexibility index (Phi) is 11.9. The monoisotopic (exact) mass is 878 g/mol. The Morgan fingerprint density at radius 1 is 0.279 bits per heavy atom. The average Bonchev–Trinajstić information content (AvgIpc) is 3.37. The van der Waals surface area contributed by atoms with E-state index in [1.165, 1.54) is 54.9 Å². The largest absolute Gasteiger partial charge is 0.310 e. The lowest BCUT2D eigenvalue weighted by atomic mass is 9.87. The zero-order valence-electron chi connectivity index (χ0n) is 40.0. The van der Waals surface area contributed by atoms with Gasteiger partial charge in [-0.05, 0) is 127 Å². The highest BCUT2D eigenvalue weighted by Crippen LogP contribution is 2.42. The average molecular weight is 879 g/mol. The number of nitrogens with zero attached hydrogens (tertiary/aromatic N) is 2. The smallest absolute Gasteiger partial charge is 0.0540 e. The first-order valence-corrected chi connectivity index (χ1v) is 23.8. The Labute approximate surface area is 403 Å². The molecule has 0 aliphatic heterocycles. The van der Waals surface area contributed by atoms with E-state index in [2.05, 4.69) is 294 Å². The van der Waals surface area contributed by atoms with Crippen LogP contribution in [0.1, 0.15) is 63.8 Å². The van der Waals surface area contributed by atoms with Gasteiger partial charge < -0.3 is 9.80 Å².